The van der Waals surface area contributed by atoms with Gasteiger partial charge in [-0.25, -0.2) is 4.98 Å². The summed E-state index contributed by atoms with van der Waals surface area (Å²) < 4.78 is 7.69. The summed E-state index contributed by atoms with van der Waals surface area (Å²) in [5, 5.41) is 0. The molecule has 1 aromatic carbocycles. The van der Waals surface area contributed by atoms with Crippen molar-refractivity contribution in [1.29, 1.82) is 0 Å². The van der Waals surface area contributed by atoms with Crippen molar-refractivity contribution in [3.05, 3.63) is 48.0 Å². The lowest BCUT2D eigenvalue weighted by atomic mass is 9.84. The van der Waals surface area contributed by atoms with Gasteiger partial charge in [0.15, 0.2) is 0 Å². The van der Waals surface area contributed by atoms with E-state index in [1.165, 1.54) is 11.3 Å². The zero-order chi connectivity index (χ0) is 19.1. The summed E-state index contributed by atoms with van der Waals surface area (Å²) in [6.07, 6.45) is 7.55. The number of carbonyl (C=O) groups is 1. The Bertz CT molecular complexity index is 863. The number of imidazole rings is 1. The summed E-state index contributed by atoms with van der Waals surface area (Å²) >= 11 is 0. The lowest BCUT2D eigenvalue weighted by Crippen LogP contribution is -2.54. The van der Waals surface area contributed by atoms with Crippen molar-refractivity contribution >= 4 is 5.91 Å². The lowest BCUT2D eigenvalue weighted by Gasteiger charge is -2.46. The molecule has 5 rings (SSSR count). The minimum absolute atomic E-state index is 0.130. The average Bonchev–Trinajstić information content (AvgIpc) is 3.21. The Hall–Kier alpha value is -2.18. The van der Waals surface area contributed by atoms with E-state index in [9.17, 15) is 4.79 Å². The fourth-order valence-corrected chi connectivity index (χ4v) is 5.20. The highest BCUT2D eigenvalue weighted by atomic mass is 16.5. The Balaban J connectivity index is 1.41. The number of hydrogen-bond donors (Lipinski definition) is 0. The number of amides is 1. The number of para-hydroxylation sites is 1. The summed E-state index contributed by atoms with van der Waals surface area (Å²) in [6.45, 7) is 3.92. The highest BCUT2D eigenvalue weighted by Crippen LogP contribution is 2.42. The molecule has 3 aliphatic heterocycles. The molecule has 1 spiro atoms. The number of likely N-dealkylation sites (tertiary alicyclic amines) is 1. The van der Waals surface area contributed by atoms with E-state index >= 15 is 0 Å². The van der Waals surface area contributed by atoms with Crippen LogP contribution in [0.15, 0.2) is 36.7 Å². The first-order valence-corrected chi connectivity index (χ1v) is 10.4. The minimum atomic E-state index is -0.130. The number of nitrogens with zero attached hydrogens (tertiary/aromatic N) is 4. The van der Waals surface area contributed by atoms with Gasteiger partial charge in [-0.3, -0.25) is 9.69 Å². The maximum Gasteiger partial charge on any atom is 0.225 e. The summed E-state index contributed by atoms with van der Waals surface area (Å²) in [6, 6.07) is 8.59. The molecule has 0 saturated carbocycles. The summed E-state index contributed by atoms with van der Waals surface area (Å²) in [5.41, 5.74) is 2.41. The van der Waals surface area contributed by atoms with Crippen LogP contribution >= 0.6 is 0 Å². The van der Waals surface area contributed by atoms with E-state index in [4.69, 9.17) is 9.72 Å². The highest BCUT2D eigenvalue weighted by molar-refractivity contribution is 5.79. The average molecular weight is 380 g/mol. The molecule has 148 valence electrons. The van der Waals surface area contributed by atoms with Gasteiger partial charge in [0.2, 0.25) is 5.91 Å². The number of rotatable bonds is 1. The molecule has 0 atom stereocenters. The molecular weight excluding hydrogens is 352 g/mol. The molecule has 6 heteroatoms. The van der Waals surface area contributed by atoms with E-state index in [-0.39, 0.29) is 11.5 Å². The molecule has 0 aliphatic carbocycles. The number of ether oxygens (including phenoxy) is 1. The van der Waals surface area contributed by atoms with Crippen molar-refractivity contribution < 1.29 is 9.53 Å². The van der Waals surface area contributed by atoms with Crippen LogP contribution in [0.2, 0.25) is 0 Å². The quantitative estimate of drug-likeness (QED) is 0.763. The Morgan fingerprint density at radius 3 is 2.71 bits per heavy atom. The van der Waals surface area contributed by atoms with E-state index in [0.29, 0.717) is 19.1 Å². The molecule has 28 heavy (non-hydrogen) atoms. The fourth-order valence-electron chi connectivity index (χ4n) is 5.20. The lowest BCUT2D eigenvalue weighted by molar-refractivity contribution is -0.141. The van der Waals surface area contributed by atoms with Crippen molar-refractivity contribution in [2.75, 3.05) is 33.4 Å². The molecule has 2 fully saturated rings. The van der Waals surface area contributed by atoms with Crippen LogP contribution in [-0.2, 0) is 21.6 Å². The van der Waals surface area contributed by atoms with Crippen molar-refractivity contribution in [2.45, 2.75) is 37.8 Å². The molecular formula is C22H28N4O2. The van der Waals surface area contributed by atoms with Crippen LogP contribution in [0.3, 0.4) is 0 Å². The molecule has 2 aromatic rings. The van der Waals surface area contributed by atoms with Crippen LogP contribution in [0.1, 0.15) is 37.1 Å². The molecule has 1 aromatic heterocycles. The van der Waals surface area contributed by atoms with Crippen LogP contribution < -0.4 is 0 Å². The third kappa shape index (κ3) is 2.78. The fraction of sp³-hybridized carbons (Fsp3) is 0.545. The molecule has 0 radical (unpaired) electrons. The van der Waals surface area contributed by atoms with E-state index in [2.05, 4.69) is 51.9 Å². The Kier molecular flexibility index (Phi) is 4.48. The second-order valence-electron chi connectivity index (χ2n) is 8.35. The Morgan fingerprint density at radius 2 is 1.93 bits per heavy atom. The summed E-state index contributed by atoms with van der Waals surface area (Å²) in [5.74, 6) is 1.57. The zero-order valence-corrected chi connectivity index (χ0v) is 16.5. The van der Waals surface area contributed by atoms with Crippen LogP contribution in [0, 0.1) is 5.92 Å². The van der Waals surface area contributed by atoms with Crippen LogP contribution in [-0.4, -0.2) is 58.6 Å². The Morgan fingerprint density at radius 1 is 1.18 bits per heavy atom. The molecule has 0 bridgehead atoms. The third-order valence-corrected chi connectivity index (χ3v) is 6.92. The van der Waals surface area contributed by atoms with E-state index in [0.717, 1.165) is 51.1 Å². The second kappa shape index (κ2) is 7.01. The van der Waals surface area contributed by atoms with E-state index < -0.39 is 0 Å². The first-order chi connectivity index (χ1) is 13.7. The second-order valence-corrected chi connectivity index (χ2v) is 8.35. The molecule has 2 saturated heterocycles. The number of hydrogen-bond acceptors (Lipinski definition) is 4. The first-order valence-electron chi connectivity index (χ1n) is 10.4. The number of carbonyl (C=O) groups excluding carboxylic acids is 1. The zero-order valence-electron chi connectivity index (χ0n) is 16.5. The molecule has 4 heterocycles. The van der Waals surface area contributed by atoms with Crippen molar-refractivity contribution in [3.63, 3.8) is 0 Å². The number of piperidine rings is 1. The van der Waals surface area contributed by atoms with Crippen LogP contribution in [0.4, 0.5) is 0 Å². The van der Waals surface area contributed by atoms with Gasteiger partial charge in [-0.05, 0) is 44.4 Å². The predicted molar refractivity (Wildman–Crippen MR) is 106 cm³/mol. The molecule has 6 nitrogen and oxygen atoms in total. The molecule has 3 aliphatic rings. The molecule has 0 N–H and O–H groups in total. The first kappa shape index (κ1) is 17.9. The van der Waals surface area contributed by atoms with Gasteiger partial charge in [0.05, 0.1) is 11.2 Å². The van der Waals surface area contributed by atoms with Gasteiger partial charge in [0.25, 0.3) is 0 Å². The van der Waals surface area contributed by atoms with Gasteiger partial charge in [-0.1, -0.05) is 18.2 Å². The normalized spacial score (nSPS) is 22.5. The van der Waals surface area contributed by atoms with Crippen LogP contribution in [0.5, 0.6) is 0 Å². The number of aromatic nitrogens is 2. The standard InChI is InChI=1S/C22H28N4O2/c1-24-16-18-4-2-3-5-19(18)26-13-10-23-21(26)22(24)8-11-25(12-9-22)20(27)17-6-14-28-15-7-17/h2-5,10,13,17H,6-9,11-12,14-16H2,1H3. The van der Waals surface area contributed by atoms with Crippen molar-refractivity contribution in [1.82, 2.24) is 19.4 Å². The van der Waals surface area contributed by atoms with Crippen LogP contribution in [0.25, 0.3) is 5.69 Å². The maximum absolute atomic E-state index is 13.0. The summed E-state index contributed by atoms with van der Waals surface area (Å²) in [7, 11) is 2.21. The molecule has 1 amide bonds. The van der Waals surface area contributed by atoms with Gasteiger partial charge in [-0.2, -0.15) is 0 Å². The SMILES string of the molecule is CN1Cc2ccccc2-n2ccnc2C12CCN(C(=O)C1CCOCC1)CC2. The van der Waals surface area contributed by atoms with E-state index in [1.807, 2.05) is 6.20 Å². The largest absolute Gasteiger partial charge is 0.381 e. The third-order valence-electron chi connectivity index (χ3n) is 6.92. The smallest absolute Gasteiger partial charge is 0.225 e. The predicted octanol–water partition coefficient (Wildman–Crippen LogP) is 2.56. The number of benzene rings is 1. The monoisotopic (exact) mass is 380 g/mol. The molecule has 0 unspecified atom stereocenters. The summed E-state index contributed by atoms with van der Waals surface area (Å²) in [4.78, 5) is 22.3. The van der Waals surface area contributed by atoms with Gasteiger partial charge < -0.3 is 14.2 Å². The highest BCUT2D eigenvalue weighted by Gasteiger charge is 2.46. The Labute approximate surface area is 166 Å². The van der Waals surface area contributed by atoms with Gasteiger partial charge >= 0.3 is 0 Å². The van der Waals surface area contributed by atoms with Gasteiger partial charge in [0, 0.05) is 51.2 Å². The minimum Gasteiger partial charge on any atom is -0.381 e. The van der Waals surface area contributed by atoms with Gasteiger partial charge in [0.1, 0.15) is 5.82 Å². The van der Waals surface area contributed by atoms with Gasteiger partial charge in [-0.15, -0.1) is 0 Å². The maximum atomic E-state index is 13.0. The van der Waals surface area contributed by atoms with Crippen molar-refractivity contribution in [2.24, 2.45) is 5.92 Å². The number of fused-ring (bicyclic) bond motifs is 4. The topological polar surface area (TPSA) is 50.6 Å². The van der Waals surface area contributed by atoms with Crippen molar-refractivity contribution in [3.8, 4) is 5.69 Å². The van der Waals surface area contributed by atoms with E-state index in [1.54, 1.807) is 0 Å².